The molecule has 2 rings (SSSR count). The van der Waals surface area contributed by atoms with Gasteiger partial charge in [-0.25, -0.2) is 0 Å². The van der Waals surface area contributed by atoms with Crippen molar-refractivity contribution in [3.05, 3.63) is 0 Å². The fourth-order valence-electron chi connectivity index (χ4n) is 3.60. The zero-order valence-electron chi connectivity index (χ0n) is 11.9. The fraction of sp³-hybridized carbons (Fsp3) is 1.00. The first-order valence-corrected chi connectivity index (χ1v) is 7.69. The van der Waals surface area contributed by atoms with Gasteiger partial charge in [-0.2, -0.15) is 0 Å². The van der Waals surface area contributed by atoms with Gasteiger partial charge in [0.2, 0.25) is 0 Å². The molecule has 2 heteroatoms. The van der Waals surface area contributed by atoms with E-state index in [1.165, 1.54) is 51.7 Å². The van der Waals surface area contributed by atoms with Crippen LogP contribution in [0.5, 0.6) is 0 Å². The summed E-state index contributed by atoms with van der Waals surface area (Å²) >= 11 is 0. The van der Waals surface area contributed by atoms with Crippen molar-refractivity contribution in [3.8, 4) is 0 Å². The van der Waals surface area contributed by atoms with E-state index in [2.05, 4.69) is 31.0 Å². The minimum Gasteiger partial charge on any atom is -0.310 e. The first-order valence-electron chi connectivity index (χ1n) is 7.69. The lowest BCUT2D eigenvalue weighted by Gasteiger charge is -2.40. The van der Waals surface area contributed by atoms with E-state index in [1.807, 2.05) is 0 Å². The Morgan fingerprint density at radius 3 is 2.71 bits per heavy atom. The Morgan fingerprint density at radius 1 is 1.12 bits per heavy atom. The minimum absolute atomic E-state index is 0.751. The summed E-state index contributed by atoms with van der Waals surface area (Å²) in [5, 5.41) is 3.96. The normalized spacial score (nSPS) is 40.4. The van der Waals surface area contributed by atoms with Gasteiger partial charge in [-0.3, -0.25) is 0 Å². The van der Waals surface area contributed by atoms with Crippen LogP contribution in [0.4, 0.5) is 0 Å². The number of piperidine rings is 1. The van der Waals surface area contributed by atoms with Gasteiger partial charge in [-0.15, -0.1) is 0 Å². The van der Waals surface area contributed by atoms with Gasteiger partial charge in [-0.1, -0.05) is 33.6 Å². The molecule has 1 saturated carbocycles. The number of hydrogen-bond donors (Lipinski definition) is 1. The first-order chi connectivity index (χ1) is 8.20. The van der Waals surface area contributed by atoms with E-state index in [9.17, 15) is 0 Å². The summed E-state index contributed by atoms with van der Waals surface area (Å²) in [5.74, 6) is 1.77. The average Bonchev–Trinajstić information content (AvgIpc) is 2.35. The third-order valence-electron chi connectivity index (χ3n) is 5.11. The molecule has 0 bridgehead atoms. The number of likely N-dealkylation sites (N-methyl/N-ethyl adjacent to an activating group) is 1. The molecule has 0 aromatic heterocycles. The molecular weight excluding hydrogens is 208 g/mol. The Labute approximate surface area is 107 Å². The third kappa shape index (κ3) is 3.45. The second-order valence-corrected chi connectivity index (χ2v) is 6.27. The molecule has 0 aromatic rings. The molecule has 0 amide bonds. The van der Waals surface area contributed by atoms with E-state index in [0.717, 1.165) is 23.9 Å². The van der Waals surface area contributed by atoms with Crippen LogP contribution < -0.4 is 5.32 Å². The monoisotopic (exact) mass is 238 g/mol. The van der Waals surface area contributed by atoms with Crippen LogP contribution in [0.15, 0.2) is 0 Å². The van der Waals surface area contributed by atoms with Crippen molar-refractivity contribution in [3.63, 3.8) is 0 Å². The van der Waals surface area contributed by atoms with Gasteiger partial charge in [-0.05, 0) is 44.2 Å². The molecule has 4 unspecified atom stereocenters. The molecule has 100 valence electrons. The highest BCUT2D eigenvalue weighted by atomic mass is 15.2. The highest BCUT2D eigenvalue weighted by Crippen LogP contribution is 2.30. The van der Waals surface area contributed by atoms with Crippen LogP contribution in [0, 0.1) is 11.8 Å². The SMILES string of the molecule is CCN1CCCC(NC2CCCC(C)C2C)C1. The van der Waals surface area contributed by atoms with Gasteiger partial charge in [0.25, 0.3) is 0 Å². The lowest BCUT2D eigenvalue weighted by molar-refractivity contribution is 0.147. The molecule has 2 fully saturated rings. The molecule has 1 aliphatic heterocycles. The fourth-order valence-corrected chi connectivity index (χ4v) is 3.60. The largest absolute Gasteiger partial charge is 0.310 e. The zero-order chi connectivity index (χ0) is 12.3. The second-order valence-electron chi connectivity index (χ2n) is 6.27. The number of rotatable bonds is 3. The smallest absolute Gasteiger partial charge is 0.0198 e. The van der Waals surface area contributed by atoms with Gasteiger partial charge >= 0.3 is 0 Å². The van der Waals surface area contributed by atoms with Crippen LogP contribution in [0.3, 0.4) is 0 Å². The van der Waals surface area contributed by atoms with Crippen molar-refractivity contribution in [1.29, 1.82) is 0 Å². The summed E-state index contributed by atoms with van der Waals surface area (Å²) in [4.78, 5) is 2.60. The Bertz CT molecular complexity index is 229. The van der Waals surface area contributed by atoms with Crippen LogP contribution in [-0.4, -0.2) is 36.6 Å². The van der Waals surface area contributed by atoms with Gasteiger partial charge in [0.15, 0.2) is 0 Å². The molecule has 1 N–H and O–H groups in total. The molecule has 1 saturated heterocycles. The van der Waals surface area contributed by atoms with E-state index >= 15 is 0 Å². The topological polar surface area (TPSA) is 15.3 Å². The van der Waals surface area contributed by atoms with E-state index in [4.69, 9.17) is 0 Å². The van der Waals surface area contributed by atoms with Crippen molar-refractivity contribution in [2.75, 3.05) is 19.6 Å². The number of nitrogens with one attached hydrogen (secondary N) is 1. The van der Waals surface area contributed by atoms with Gasteiger partial charge in [0.05, 0.1) is 0 Å². The minimum atomic E-state index is 0.751. The van der Waals surface area contributed by atoms with E-state index in [-0.39, 0.29) is 0 Å². The lowest BCUT2D eigenvalue weighted by atomic mass is 9.77. The number of hydrogen-bond acceptors (Lipinski definition) is 2. The summed E-state index contributed by atoms with van der Waals surface area (Å²) in [6.07, 6.45) is 7.02. The highest BCUT2D eigenvalue weighted by molar-refractivity contribution is 4.87. The van der Waals surface area contributed by atoms with Gasteiger partial charge in [0, 0.05) is 18.6 Å². The maximum Gasteiger partial charge on any atom is 0.0198 e. The molecule has 17 heavy (non-hydrogen) atoms. The van der Waals surface area contributed by atoms with Crippen molar-refractivity contribution in [2.24, 2.45) is 11.8 Å². The van der Waals surface area contributed by atoms with E-state index in [0.29, 0.717) is 0 Å². The van der Waals surface area contributed by atoms with Crippen molar-refractivity contribution in [2.45, 2.75) is 65.0 Å². The number of nitrogens with zero attached hydrogens (tertiary/aromatic N) is 1. The van der Waals surface area contributed by atoms with Crippen molar-refractivity contribution in [1.82, 2.24) is 10.2 Å². The van der Waals surface area contributed by atoms with Gasteiger partial charge in [0.1, 0.15) is 0 Å². The molecule has 0 radical (unpaired) electrons. The molecule has 0 spiro atoms. The third-order valence-corrected chi connectivity index (χ3v) is 5.11. The summed E-state index contributed by atoms with van der Waals surface area (Å²) in [6.45, 7) is 11.0. The lowest BCUT2D eigenvalue weighted by Crippen LogP contribution is -2.52. The van der Waals surface area contributed by atoms with E-state index in [1.54, 1.807) is 0 Å². The molecule has 0 aromatic carbocycles. The second kappa shape index (κ2) is 6.19. The molecule has 1 aliphatic carbocycles. The maximum atomic E-state index is 3.96. The molecule has 2 nitrogen and oxygen atoms in total. The average molecular weight is 238 g/mol. The van der Waals surface area contributed by atoms with Crippen LogP contribution in [-0.2, 0) is 0 Å². The summed E-state index contributed by atoms with van der Waals surface area (Å²) in [6, 6.07) is 1.53. The summed E-state index contributed by atoms with van der Waals surface area (Å²) in [5.41, 5.74) is 0. The molecule has 1 heterocycles. The molecule has 4 atom stereocenters. The van der Waals surface area contributed by atoms with Crippen LogP contribution in [0.1, 0.15) is 52.9 Å². The summed E-state index contributed by atoms with van der Waals surface area (Å²) < 4.78 is 0. The van der Waals surface area contributed by atoms with E-state index < -0.39 is 0 Å². The predicted molar refractivity (Wildman–Crippen MR) is 74.2 cm³/mol. The number of likely N-dealkylation sites (tertiary alicyclic amines) is 1. The Hall–Kier alpha value is -0.0800. The highest BCUT2D eigenvalue weighted by Gasteiger charge is 2.29. The van der Waals surface area contributed by atoms with Crippen molar-refractivity contribution >= 4 is 0 Å². The molecular formula is C15H30N2. The zero-order valence-corrected chi connectivity index (χ0v) is 11.9. The van der Waals surface area contributed by atoms with Gasteiger partial charge < -0.3 is 10.2 Å². The first kappa shape index (κ1) is 13.4. The Balaban J connectivity index is 1.83. The Morgan fingerprint density at radius 2 is 1.94 bits per heavy atom. The standard InChI is InChI=1S/C15H30N2/c1-4-17-10-6-8-14(11-17)16-15-9-5-7-12(2)13(15)3/h12-16H,4-11H2,1-3H3. The van der Waals surface area contributed by atoms with Crippen LogP contribution in [0.25, 0.3) is 0 Å². The van der Waals surface area contributed by atoms with Crippen LogP contribution >= 0.6 is 0 Å². The Kier molecular flexibility index (Phi) is 4.87. The van der Waals surface area contributed by atoms with Crippen LogP contribution in [0.2, 0.25) is 0 Å². The van der Waals surface area contributed by atoms with Crippen molar-refractivity contribution < 1.29 is 0 Å². The summed E-state index contributed by atoms with van der Waals surface area (Å²) in [7, 11) is 0. The predicted octanol–water partition coefficient (Wildman–Crippen LogP) is 2.89. The quantitative estimate of drug-likeness (QED) is 0.813. The maximum absolute atomic E-state index is 3.96. The molecule has 2 aliphatic rings.